The summed E-state index contributed by atoms with van der Waals surface area (Å²) >= 11 is 0.807. The monoisotopic (exact) mass is 554 g/mol. The Hall–Kier alpha value is -1.09. The van der Waals surface area contributed by atoms with Crippen molar-refractivity contribution in [2.75, 3.05) is 11.4 Å². The summed E-state index contributed by atoms with van der Waals surface area (Å²) in [7, 11) is 0. The van der Waals surface area contributed by atoms with Crippen molar-refractivity contribution in [2.24, 2.45) is 0 Å². The Morgan fingerprint density at radius 2 is 1.81 bits per heavy atom. The Morgan fingerprint density at radius 1 is 1.07 bits per heavy atom. The molecule has 0 amide bonds. The summed E-state index contributed by atoms with van der Waals surface area (Å²) < 4.78 is 8.43. The molecule has 4 rings (SSSR count). The van der Waals surface area contributed by atoms with Crippen LogP contribution in [0.15, 0.2) is 64.8 Å². The molecule has 0 saturated heterocycles. The average molecular weight is 553 g/mol. The summed E-state index contributed by atoms with van der Waals surface area (Å²) in [4.78, 5) is 2.48. The number of benzene rings is 2. The topological polar surface area (TPSA) is 7.12 Å². The van der Waals surface area contributed by atoms with Crippen molar-refractivity contribution in [3.05, 3.63) is 69.3 Å². The fourth-order valence-electron chi connectivity index (χ4n) is 3.40. The standard InChI is InChI=1S/C22H23N2Se2.BrH/c1-4-23-17-10-6-8-12-19(17)25-21(23)14-16(3)15-22-24(5-2)18-11-7-9-13-20(18)26-22;/h6-15H,4-5H2,1-3H3;1H/q+1;/p-1. The van der Waals surface area contributed by atoms with Gasteiger partial charge in [0.2, 0.25) is 0 Å². The maximum atomic E-state index is 2.48. The molecule has 5 heteroatoms. The van der Waals surface area contributed by atoms with Crippen molar-refractivity contribution >= 4 is 55.5 Å². The van der Waals surface area contributed by atoms with E-state index in [-0.39, 0.29) is 17.0 Å². The first-order chi connectivity index (χ1) is 12.7. The molecular formula is C22H23BrN2Se2. The largest absolute Gasteiger partial charge is 1.00 e. The van der Waals surface area contributed by atoms with Crippen LogP contribution in [-0.4, -0.2) is 36.0 Å². The molecule has 0 aliphatic carbocycles. The van der Waals surface area contributed by atoms with E-state index in [0.717, 1.165) is 13.1 Å². The van der Waals surface area contributed by atoms with Gasteiger partial charge in [-0.1, -0.05) is 0 Å². The Labute approximate surface area is 184 Å². The minimum Gasteiger partial charge on any atom is -1.00 e. The molecule has 2 nitrogen and oxygen atoms in total. The molecule has 0 fully saturated rings. The van der Waals surface area contributed by atoms with Crippen molar-refractivity contribution in [1.29, 1.82) is 0 Å². The van der Waals surface area contributed by atoms with E-state index in [9.17, 15) is 0 Å². The fourth-order valence-corrected chi connectivity index (χ4v) is 8.60. The van der Waals surface area contributed by atoms with Crippen LogP contribution in [0, 0.1) is 0 Å². The number of nitrogens with zero attached hydrogens (tertiary/aromatic N) is 2. The molecule has 2 aromatic carbocycles. The van der Waals surface area contributed by atoms with Crippen LogP contribution in [0.4, 0.5) is 5.69 Å². The molecule has 0 saturated carbocycles. The zero-order valence-corrected chi connectivity index (χ0v) is 20.8. The Balaban J connectivity index is 0.00000210. The second-order valence-electron chi connectivity index (χ2n) is 6.34. The van der Waals surface area contributed by atoms with Gasteiger partial charge < -0.3 is 17.0 Å². The van der Waals surface area contributed by atoms with Gasteiger partial charge in [-0.15, -0.1) is 0 Å². The maximum Gasteiger partial charge on any atom is -1.00 e. The maximum absolute atomic E-state index is 2.48. The normalized spacial score (nSPS) is 15.3. The third-order valence-corrected chi connectivity index (χ3v) is 9.28. The van der Waals surface area contributed by atoms with E-state index < -0.39 is 0 Å². The molecule has 0 bridgehead atoms. The van der Waals surface area contributed by atoms with Crippen molar-refractivity contribution in [3.8, 4) is 0 Å². The predicted molar refractivity (Wildman–Crippen MR) is 113 cm³/mol. The van der Waals surface area contributed by atoms with E-state index >= 15 is 0 Å². The summed E-state index contributed by atoms with van der Waals surface area (Å²) in [5, 5.41) is 0. The first kappa shape index (κ1) is 20.6. The van der Waals surface area contributed by atoms with Crippen LogP contribution in [0.2, 0.25) is 0 Å². The SMILES string of the molecule is CCN1/C(=C\C(C)=C\c2[se]c3ccccc3[n+]2CC)[Se]c2ccccc21.[Br-]. The van der Waals surface area contributed by atoms with Crippen LogP contribution in [0.5, 0.6) is 0 Å². The van der Waals surface area contributed by atoms with Gasteiger partial charge in [0.1, 0.15) is 0 Å². The molecule has 140 valence electrons. The second-order valence-corrected chi connectivity index (χ2v) is 10.8. The van der Waals surface area contributed by atoms with E-state index in [4.69, 9.17) is 0 Å². The van der Waals surface area contributed by atoms with Crippen LogP contribution in [0.1, 0.15) is 25.3 Å². The number of aryl methyl sites for hydroxylation is 1. The molecule has 0 spiro atoms. The summed E-state index contributed by atoms with van der Waals surface area (Å²) in [5.41, 5.74) is 4.15. The number of hydrogen-bond donors (Lipinski definition) is 0. The van der Waals surface area contributed by atoms with E-state index in [1.807, 2.05) is 0 Å². The predicted octanol–water partition coefficient (Wildman–Crippen LogP) is 0.323. The van der Waals surface area contributed by atoms with Crippen molar-refractivity contribution in [3.63, 3.8) is 0 Å². The number of anilines is 1. The molecule has 3 aromatic rings. The zero-order chi connectivity index (χ0) is 18.1. The smallest absolute Gasteiger partial charge is 1.00 e. The Morgan fingerprint density at radius 3 is 2.59 bits per heavy atom. The van der Waals surface area contributed by atoms with Crippen LogP contribution >= 0.6 is 0 Å². The fraction of sp³-hybridized carbons (Fsp3) is 0.227. The van der Waals surface area contributed by atoms with Crippen molar-refractivity contribution in [1.82, 2.24) is 0 Å². The Kier molecular flexibility index (Phi) is 6.83. The molecule has 0 radical (unpaired) electrons. The van der Waals surface area contributed by atoms with Gasteiger partial charge in [0.25, 0.3) is 0 Å². The first-order valence-corrected chi connectivity index (χ1v) is 12.5. The van der Waals surface area contributed by atoms with E-state index in [2.05, 4.69) is 90.9 Å². The van der Waals surface area contributed by atoms with Crippen molar-refractivity contribution < 1.29 is 21.5 Å². The van der Waals surface area contributed by atoms with E-state index in [1.165, 1.54) is 34.7 Å². The van der Waals surface area contributed by atoms with Gasteiger partial charge in [0.15, 0.2) is 0 Å². The summed E-state index contributed by atoms with van der Waals surface area (Å²) in [6.45, 7) is 8.81. The number of fused-ring (bicyclic) bond motifs is 2. The van der Waals surface area contributed by atoms with Crippen LogP contribution in [0.25, 0.3) is 15.9 Å². The van der Waals surface area contributed by atoms with Gasteiger partial charge in [0.05, 0.1) is 0 Å². The number of aromatic nitrogens is 1. The quantitative estimate of drug-likeness (QED) is 0.334. The van der Waals surface area contributed by atoms with E-state index in [0.29, 0.717) is 29.5 Å². The molecule has 1 aliphatic heterocycles. The minimum atomic E-state index is 0. The van der Waals surface area contributed by atoms with Crippen LogP contribution in [-0.2, 0) is 6.54 Å². The molecule has 2 heterocycles. The summed E-state index contributed by atoms with van der Waals surface area (Å²) in [6, 6.07) is 17.7. The third-order valence-electron chi connectivity index (χ3n) is 4.61. The molecular weight excluding hydrogens is 530 g/mol. The number of halogens is 1. The number of rotatable bonds is 4. The molecule has 0 unspecified atom stereocenters. The van der Waals surface area contributed by atoms with Crippen LogP contribution < -0.4 is 30.9 Å². The zero-order valence-electron chi connectivity index (χ0n) is 15.8. The summed E-state index contributed by atoms with van der Waals surface area (Å²) in [6.07, 6.45) is 4.81. The van der Waals surface area contributed by atoms with Gasteiger partial charge in [-0.3, -0.25) is 0 Å². The van der Waals surface area contributed by atoms with Crippen molar-refractivity contribution in [2.45, 2.75) is 27.3 Å². The van der Waals surface area contributed by atoms with Gasteiger partial charge in [-0.25, -0.2) is 0 Å². The number of para-hydroxylation sites is 2. The molecule has 1 aliphatic rings. The molecule has 0 atom stereocenters. The molecule has 27 heavy (non-hydrogen) atoms. The minimum absolute atomic E-state index is 0. The van der Waals surface area contributed by atoms with Gasteiger partial charge in [-0.05, 0) is 0 Å². The van der Waals surface area contributed by atoms with Gasteiger partial charge in [0, 0.05) is 0 Å². The second kappa shape index (κ2) is 8.94. The number of hydrogen-bond acceptors (Lipinski definition) is 1. The summed E-state index contributed by atoms with van der Waals surface area (Å²) in [5.74, 6) is 0. The molecule has 1 aromatic heterocycles. The molecule has 0 N–H and O–H groups in total. The average Bonchev–Trinajstić information content (AvgIpc) is 3.17. The number of allylic oxidation sites excluding steroid dienone is 2. The Bertz CT molecular complexity index is 1020. The van der Waals surface area contributed by atoms with Gasteiger partial charge in [-0.2, -0.15) is 0 Å². The first-order valence-electron chi connectivity index (χ1n) is 9.07. The van der Waals surface area contributed by atoms with E-state index in [1.54, 1.807) is 0 Å². The van der Waals surface area contributed by atoms with Gasteiger partial charge >= 0.3 is 168 Å². The third kappa shape index (κ3) is 4.04. The van der Waals surface area contributed by atoms with Crippen LogP contribution in [0.3, 0.4) is 0 Å².